The zero-order valence-corrected chi connectivity index (χ0v) is 17.9. The molecule has 7 heteroatoms. The third-order valence-electron chi connectivity index (χ3n) is 5.11. The maximum absolute atomic E-state index is 12.4. The van der Waals surface area contributed by atoms with Gasteiger partial charge < -0.3 is 9.64 Å². The highest BCUT2D eigenvalue weighted by Gasteiger charge is 2.21. The van der Waals surface area contributed by atoms with E-state index in [-0.39, 0.29) is 6.10 Å². The minimum Gasteiger partial charge on any atom is -0.490 e. The van der Waals surface area contributed by atoms with Crippen LogP contribution in [0.5, 0.6) is 5.75 Å². The van der Waals surface area contributed by atoms with Gasteiger partial charge in [-0.25, -0.2) is 8.42 Å². The maximum Gasteiger partial charge on any atom is 0.255 e. The largest absolute Gasteiger partial charge is 0.490 e. The van der Waals surface area contributed by atoms with Gasteiger partial charge in [0.05, 0.1) is 11.1 Å². The summed E-state index contributed by atoms with van der Waals surface area (Å²) in [6.07, 6.45) is 7.08. The first-order chi connectivity index (χ1) is 15.1. The second kappa shape index (κ2) is 9.66. The first kappa shape index (κ1) is 20.9. The van der Waals surface area contributed by atoms with Gasteiger partial charge in [-0.15, -0.1) is 0 Å². The van der Waals surface area contributed by atoms with Crippen LogP contribution in [0.4, 0.5) is 11.4 Å². The fraction of sp³-hybridized carbons (Fsp3) is 0.208. The van der Waals surface area contributed by atoms with Crippen LogP contribution >= 0.6 is 0 Å². The Morgan fingerprint density at radius 1 is 0.968 bits per heavy atom. The van der Waals surface area contributed by atoms with Crippen LogP contribution < -0.4 is 14.4 Å². The highest BCUT2D eigenvalue weighted by atomic mass is 32.2. The molecule has 0 saturated carbocycles. The number of ether oxygens (including phenoxy) is 1. The monoisotopic (exact) mass is 435 g/mol. The van der Waals surface area contributed by atoms with Gasteiger partial charge in [-0.1, -0.05) is 36.4 Å². The molecule has 0 radical (unpaired) electrons. The molecule has 0 bridgehead atoms. The smallest absolute Gasteiger partial charge is 0.255 e. The Morgan fingerprint density at radius 3 is 2.45 bits per heavy atom. The van der Waals surface area contributed by atoms with E-state index in [4.69, 9.17) is 4.74 Å². The Kier molecular flexibility index (Phi) is 6.52. The number of hydrogen-bond donors (Lipinski definition) is 1. The Morgan fingerprint density at radius 2 is 1.71 bits per heavy atom. The minimum atomic E-state index is -3.62. The van der Waals surface area contributed by atoms with Gasteiger partial charge in [-0.2, -0.15) is 0 Å². The van der Waals surface area contributed by atoms with E-state index < -0.39 is 10.0 Å². The van der Waals surface area contributed by atoms with E-state index >= 15 is 0 Å². The van der Waals surface area contributed by atoms with Crippen molar-refractivity contribution in [3.05, 3.63) is 90.1 Å². The summed E-state index contributed by atoms with van der Waals surface area (Å²) in [5.41, 5.74) is 2.47. The van der Waals surface area contributed by atoms with Crippen molar-refractivity contribution in [2.75, 3.05) is 22.7 Å². The first-order valence-electron chi connectivity index (χ1n) is 10.3. The van der Waals surface area contributed by atoms with E-state index in [1.165, 1.54) is 11.1 Å². The Labute approximate surface area is 183 Å². The normalized spacial score (nSPS) is 15.2. The number of anilines is 2. The average Bonchev–Trinajstić information content (AvgIpc) is 2.80. The van der Waals surface area contributed by atoms with Crippen molar-refractivity contribution in [2.24, 2.45) is 0 Å². The van der Waals surface area contributed by atoms with Gasteiger partial charge >= 0.3 is 0 Å². The molecule has 1 aliphatic rings. The van der Waals surface area contributed by atoms with Crippen molar-refractivity contribution in [1.82, 2.24) is 4.98 Å². The maximum atomic E-state index is 12.4. The molecular formula is C24H25N3O3S. The first-order valence-corrected chi connectivity index (χ1v) is 11.8. The number of nitrogens with zero attached hydrogens (tertiary/aromatic N) is 2. The topological polar surface area (TPSA) is 71.5 Å². The van der Waals surface area contributed by atoms with Crippen LogP contribution in [-0.2, 0) is 10.0 Å². The van der Waals surface area contributed by atoms with Crippen LogP contribution in [0.2, 0.25) is 0 Å². The lowest BCUT2D eigenvalue weighted by Gasteiger charge is -2.33. The van der Waals surface area contributed by atoms with Crippen LogP contribution in [-0.4, -0.2) is 32.6 Å². The van der Waals surface area contributed by atoms with Crippen LogP contribution in [0.3, 0.4) is 0 Å². The molecule has 0 atom stereocenters. The molecule has 31 heavy (non-hydrogen) atoms. The van der Waals surface area contributed by atoms with E-state index in [0.717, 1.165) is 31.5 Å². The zero-order chi connectivity index (χ0) is 21.5. The van der Waals surface area contributed by atoms with Gasteiger partial charge in [0.2, 0.25) is 0 Å². The summed E-state index contributed by atoms with van der Waals surface area (Å²) in [6.45, 7) is 1.82. The van der Waals surface area contributed by atoms with E-state index in [2.05, 4.69) is 14.6 Å². The summed E-state index contributed by atoms with van der Waals surface area (Å²) >= 11 is 0. The van der Waals surface area contributed by atoms with Crippen molar-refractivity contribution in [1.29, 1.82) is 0 Å². The summed E-state index contributed by atoms with van der Waals surface area (Å²) in [6, 6.07) is 20.4. The van der Waals surface area contributed by atoms with Crippen molar-refractivity contribution in [2.45, 2.75) is 18.9 Å². The quantitative estimate of drug-likeness (QED) is 0.590. The highest BCUT2D eigenvalue weighted by Crippen LogP contribution is 2.25. The molecule has 0 amide bonds. The van der Waals surface area contributed by atoms with Crippen molar-refractivity contribution in [3.8, 4) is 5.75 Å². The Bertz CT molecular complexity index is 1110. The van der Waals surface area contributed by atoms with Gasteiger partial charge in [-0.05, 0) is 35.9 Å². The lowest BCUT2D eigenvalue weighted by Crippen LogP contribution is -2.38. The van der Waals surface area contributed by atoms with E-state index in [9.17, 15) is 8.42 Å². The molecule has 2 heterocycles. The molecule has 160 valence electrons. The molecule has 2 aromatic carbocycles. The van der Waals surface area contributed by atoms with Crippen LogP contribution in [0, 0.1) is 0 Å². The van der Waals surface area contributed by atoms with Crippen LogP contribution in [0.15, 0.2) is 84.5 Å². The summed E-state index contributed by atoms with van der Waals surface area (Å²) in [7, 11) is -3.62. The molecule has 1 aliphatic heterocycles. The average molecular weight is 436 g/mol. The number of sulfonamides is 1. The number of hydrogen-bond acceptors (Lipinski definition) is 5. The number of nitrogens with one attached hydrogen (secondary N) is 1. The number of rotatable bonds is 7. The second-order valence-electron chi connectivity index (χ2n) is 7.40. The van der Waals surface area contributed by atoms with Crippen LogP contribution in [0.25, 0.3) is 6.08 Å². The van der Waals surface area contributed by atoms with E-state index in [0.29, 0.717) is 11.4 Å². The SMILES string of the molecule is O=S(=O)(/C=C/c1ccccc1)Nc1cccc(OC2CCN(c3ccncc3)CC2)c1. The fourth-order valence-corrected chi connectivity index (χ4v) is 4.40. The van der Waals surface area contributed by atoms with Crippen molar-refractivity contribution >= 4 is 27.5 Å². The lowest BCUT2D eigenvalue weighted by atomic mass is 10.1. The van der Waals surface area contributed by atoms with Crippen LogP contribution in [0.1, 0.15) is 18.4 Å². The van der Waals surface area contributed by atoms with Crippen molar-refractivity contribution < 1.29 is 13.2 Å². The highest BCUT2D eigenvalue weighted by molar-refractivity contribution is 7.95. The molecule has 0 spiro atoms. The standard InChI is InChI=1S/C24H25N3O3S/c28-31(29,18-13-20-5-2-1-3-6-20)26-21-7-4-8-24(19-21)30-23-11-16-27(17-12-23)22-9-14-25-15-10-22/h1-10,13-15,18-19,23,26H,11-12,16-17H2/b18-13+. The van der Waals surface area contributed by atoms with E-state index in [1.54, 1.807) is 36.7 Å². The van der Waals surface area contributed by atoms with Gasteiger partial charge in [-0.3, -0.25) is 9.71 Å². The second-order valence-corrected chi connectivity index (χ2v) is 8.96. The number of pyridine rings is 1. The van der Waals surface area contributed by atoms with Gasteiger partial charge in [0.25, 0.3) is 10.0 Å². The molecular weight excluding hydrogens is 410 g/mol. The number of aromatic nitrogens is 1. The van der Waals surface area contributed by atoms with Gasteiger partial charge in [0.1, 0.15) is 11.9 Å². The predicted octanol–water partition coefficient (Wildman–Crippen LogP) is 4.54. The summed E-state index contributed by atoms with van der Waals surface area (Å²) in [5.74, 6) is 0.662. The Hall–Kier alpha value is -3.32. The zero-order valence-electron chi connectivity index (χ0n) is 17.1. The number of piperidine rings is 1. The molecule has 1 N–H and O–H groups in total. The molecule has 1 aromatic heterocycles. The molecule has 4 rings (SSSR count). The van der Waals surface area contributed by atoms with Gasteiger partial charge in [0.15, 0.2) is 0 Å². The third kappa shape index (κ3) is 6.08. The molecule has 0 aliphatic carbocycles. The van der Waals surface area contributed by atoms with Gasteiger partial charge in [0, 0.05) is 50.1 Å². The Balaban J connectivity index is 1.34. The van der Waals surface area contributed by atoms with E-state index in [1.807, 2.05) is 48.5 Å². The molecule has 1 saturated heterocycles. The summed E-state index contributed by atoms with van der Waals surface area (Å²) in [4.78, 5) is 6.39. The lowest BCUT2D eigenvalue weighted by molar-refractivity contribution is 0.171. The molecule has 1 fully saturated rings. The molecule has 6 nitrogen and oxygen atoms in total. The predicted molar refractivity (Wildman–Crippen MR) is 125 cm³/mol. The minimum absolute atomic E-state index is 0.0999. The molecule has 0 unspecified atom stereocenters. The third-order valence-corrected chi connectivity index (χ3v) is 6.12. The summed E-state index contributed by atoms with van der Waals surface area (Å²) in [5, 5.41) is 1.17. The fourth-order valence-electron chi connectivity index (χ4n) is 3.54. The summed E-state index contributed by atoms with van der Waals surface area (Å²) < 4.78 is 33.5. The molecule has 3 aromatic rings. The van der Waals surface area contributed by atoms with Crippen molar-refractivity contribution in [3.63, 3.8) is 0 Å². The number of benzene rings is 2.